The van der Waals surface area contributed by atoms with Gasteiger partial charge in [-0.15, -0.1) is 0 Å². The van der Waals surface area contributed by atoms with E-state index in [0.717, 1.165) is 11.1 Å². The summed E-state index contributed by atoms with van der Waals surface area (Å²) >= 11 is 7.49. The number of hydrogen-bond acceptors (Lipinski definition) is 5. The number of carbonyl (C=O) groups excluding carboxylic acids is 1. The molecule has 0 aliphatic heterocycles. The first kappa shape index (κ1) is 21.2. The van der Waals surface area contributed by atoms with Crippen LogP contribution in [0.25, 0.3) is 10.9 Å². The van der Waals surface area contributed by atoms with E-state index in [9.17, 15) is 9.59 Å². The van der Waals surface area contributed by atoms with Gasteiger partial charge in [-0.25, -0.2) is 4.98 Å². The van der Waals surface area contributed by atoms with Crippen molar-refractivity contribution in [1.29, 1.82) is 0 Å². The number of aryl methyl sites for hydroxylation is 2. The number of rotatable bonds is 6. The fraction of sp³-hybridized carbons (Fsp3) is 0.174. The van der Waals surface area contributed by atoms with Crippen molar-refractivity contribution in [3.05, 3.63) is 87.1 Å². The van der Waals surface area contributed by atoms with E-state index in [4.69, 9.17) is 16.0 Å². The SMILES string of the molecule is Cc1cc(C)c(NC(=O)CSc2nc3ccccc3c(=O)n2Cc2ccco2)c(Cl)c1. The molecular weight excluding hydrogens is 434 g/mol. The molecule has 2 aromatic carbocycles. The maximum atomic E-state index is 13.1. The molecule has 0 aliphatic carbocycles. The first-order valence-corrected chi connectivity index (χ1v) is 11.0. The summed E-state index contributed by atoms with van der Waals surface area (Å²) in [6.07, 6.45) is 1.56. The summed E-state index contributed by atoms with van der Waals surface area (Å²) in [7, 11) is 0. The lowest BCUT2D eigenvalue weighted by atomic mass is 10.1. The van der Waals surface area contributed by atoms with Gasteiger partial charge in [0.2, 0.25) is 5.91 Å². The highest BCUT2D eigenvalue weighted by Gasteiger charge is 2.16. The van der Waals surface area contributed by atoms with Gasteiger partial charge in [0.1, 0.15) is 5.76 Å². The maximum Gasteiger partial charge on any atom is 0.262 e. The van der Waals surface area contributed by atoms with Crippen LogP contribution in [0.5, 0.6) is 0 Å². The van der Waals surface area contributed by atoms with Gasteiger partial charge in [-0.1, -0.05) is 41.6 Å². The van der Waals surface area contributed by atoms with Gasteiger partial charge in [0.25, 0.3) is 5.56 Å². The minimum atomic E-state index is -0.231. The van der Waals surface area contributed by atoms with E-state index >= 15 is 0 Å². The Bertz CT molecular complexity index is 1290. The van der Waals surface area contributed by atoms with Gasteiger partial charge in [-0.2, -0.15) is 0 Å². The Morgan fingerprint density at radius 2 is 2.00 bits per heavy atom. The largest absolute Gasteiger partial charge is 0.467 e. The summed E-state index contributed by atoms with van der Waals surface area (Å²) in [5.74, 6) is 0.477. The van der Waals surface area contributed by atoms with Crippen LogP contribution in [-0.4, -0.2) is 21.2 Å². The van der Waals surface area contributed by atoms with Crippen molar-refractivity contribution < 1.29 is 9.21 Å². The molecule has 4 rings (SSSR count). The fourth-order valence-corrected chi connectivity index (χ4v) is 4.50. The highest BCUT2D eigenvalue weighted by atomic mass is 35.5. The molecule has 0 radical (unpaired) electrons. The lowest BCUT2D eigenvalue weighted by Crippen LogP contribution is -2.24. The van der Waals surface area contributed by atoms with Crippen molar-refractivity contribution in [1.82, 2.24) is 9.55 Å². The van der Waals surface area contributed by atoms with Gasteiger partial charge in [0.15, 0.2) is 5.16 Å². The summed E-state index contributed by atoms with van der Waals surface area (Å²) in [4.78, 5) is 30.3. The first-order chi connectivity index (χ1) is 14.9. The average Bonchev–Trinajstić information content (AvgIpc) is 3.25. The highest BCUT2D eigenvalue weighted by molar-refractivity contribution is 7.99. The van der Waals surface area contributed by atoms with E-state index < -0.39 is 0 Å². The van der Waals surface area contributed by atoms with Crippen LogP contribution < -0.4 is 10.9 Å². The first-order valence-electron chi connectivity index (χ1n) is 9.64. The van der Waals surface area contributed by atoms with Crippen molar-refractivity contribution in [2.24, 2.45) is 0 Å². The Labute approximate surface area is 188 Å². The zero-order valence-corrected chi connectivity index (χ0v) is 18.6. The highest BCUT2D eigenvalue weighted by Crippen LogP contribution is 2.28. The van der Waals surface area contributed by atoms with Crippen LogP contribution in [0, 0.1) is 13.8 Å². The summed E-state index contributed by atoms with van der Waals surface area (Å²) in [5.41, 5.74) is 2.92. The lowest BCUT2D eigenvalue weighted by molar-refractivity contribution is -0.113. The summed E-state index contributed by atoms with van der Waals surface area (Å²) in [5, 5.41) is 4.33. The van der Waals surface area contributed by atoms with Crippen LogP contribution in [-0.2, 0) is 11.3 Å². The molecule has 0 saturated carbocycles. The number of thioether (sulfide) groups is 1. The number of hydrogen-bond donors (Lipinski definition) is 1. The van der Waals surface area contributed by atoms with E-state index in [1.54, 1.807) is 36.6 Å². The number of benzene rings is 2. The van der Waals surface area contributed by atoms with E-state index in [1.165, 1.54) is 16.3 Å². The van der Waals surface area contributed by atoms with Gasteiger partial charge < -0.3 is 9.73 Å². The molecule has 1 amide bonds. The third-order valence-corrected chi connectivity index (χ3v) is 6.02. The molecule has 2 aromatic heterocycles. The number of furan rings is 1. The third kappa shape index (κ3) is 4.68. The quantitative estimate of drug-likeness (QED) is 0.327. The van der Waals surface area contributed by atoms with Crippen LogP contribution in [0.4, 0.5) is 5.69 Å². The molecule has 8 heteroatoms. The standard InChI is InChI=1S/C23H20ClN3O3S/c1-14-10-15(2)21(18(24)11-14)26-20(28)13-31-23-25-19-8-4-3-7-17(19)22(29)27(23)12-16-6-5-9-30-16/h3-11H,12-13H2,1-2H3,(H,26,28). The fourth-order valence-electron chi connectivity index (χ4n) is 3.34. The molecule has 0 bridgehead atoms. The molecule has 0 saturated heterocycles. The number of carbonyl (C=O) groups is 1. The van der Waals surface area contributed by atoms with Crippen LogP contribution >= 0.6 is 23.4 Å². The normalized spacial score (nSPS) is 11.1. The number of para-hydroxylation sites is 1. The predicted molar refractivity (Wildman–Crippen MR) is 124 cm³/mol. The molecule has 0 unspecified atom stereocenters. The monoisotopic (exact) mass is 453 g/mol. The number of anilines is 1. The minimum Gasteiger partial charge on any atom is -0.467 e. The minimum absolute atomic E-state index is 0.0760. The van der Waals surface area contributed by atoms with E-state index in [-0.39, 0.29) is 23.8 Å². The maximum absolute atomic E-state index is 13.1. The van der Waals surface area contributed by atoms with Crippen molar-refractivity contribution in [3.63, 3.8) is 0 Å². The van der Waals surface area contributed by atoms with Gasteiger partial charge >= 0.3 is 0 Å². The lowest BCUT2D eigenvalue weighted by Gasteiger charge is -2.13. The average molecular weight is 454 g/mol. The van der Waals surface area contributed by atoms with Crippen molar-refractivity contribution >= 4 is 45.9 Å². The summed E-state index contributed by atoms with van der Waals surface area (Å²) < 4.78 is 6.94. The van der Waals surface area contributed by atoms with Crippen LogP contribution in [0.3, 0.4) is 0 Å². The van der Waals surface area contributed by atoms with Gasteiger partial charge in [0, 0.05) is 0 Å². The molecule has 1 N–H and O–H groups in total. The van der Waals surface area contributed by atoms with E-state index in [2.05, 4.69) is 10.3 Å². The molecule has 0 spiro atoms. The molecule has 6 nitrogen and oxygen atoms in total. The Hall–Kier alpha value is -3.03. The molecule has 4 aromatic rings. The van der Waals surface area contributed by atoms with Crippen molar-refractivity contribution in [2.45, 2.75) is 25.5 Å². The smallest absolute Gasteiger partial charge is 0.262 e. The number of halogens is 1. The Morgan fingerprint density at radius 3 is 2.74 bits per heavy atom. The number of fused-ring (bicyclic) bond motifs is 1. The Balaban J connectivity index is 1.60. The number of nitrogens with zero attached hydrogens (tertiary/aromatic N) is 2. The van der Waals surface area contributed by atoms with Crippen LogP contribution in [0.1, 0.15) is 16.9 Å². The predicted octanol–water partition coefficient (Wildman–Crippen LogP) is 5.04. The molecule has 0 aliphatic rings. The third-order valence-electron chi connectivity index (χ3n) is 4.75. The van der Waals surface area contributed by atoms with Gasteiger partial charge in [0.05, 0.1) is 40.2 Å². The topological polar surface area (TPSA) is 77.1 Å². The summed E-state index contributed by atoms with van der Waals surface area (Å²) in [6.45, 7) is 4.08. The molecule has 0 fully saturated rings. The summed E-state index contributed by atoms with van der Waals surface area (Å²) in [6, 6.07) is 14.5. The Morgan fingerprint density at radius 1 is 1.19 bits per heavy atom. The second-order valence-electron chi connectivity index (χ2n) is 7.16. The zero-order chi connectivity index (χ0) is 22.0. The molecule has 31 heavy (non-hydrogen) atoms. The number of nitrogens with one attached hydrogen (secondary N) is 1. The van der Waals surface area contributed by atoms with Gasteiger partial charge in [-0.3, -0.25) is 14.2 Å². The van der Waals surface area contributed by atoms with Crippen LogP contribution in [0.2, 0.25) is 5.02 Å². The molecular formula is C23H20ClN3O3S. The van der Waals surface area contributed by atoms with E-state index in [0.29, 0.717) is 32.5 Å². The van der Waals surface area contributed by atoms with Crippen LogP contribution in [0.15, 0.2) is 69.2 Å². The van der Waals surface area contributed by atoms with Crippen molar-refractivity contribution in [3.8, 4) is 0 Å². The number of aromatic nitrogens is 2. The number of amides is 1. The van der Waals surface area contributed by atoms with Gasteiger partial charge in [-0.05, 0) is 55.3 Å². The second kappa shape index (κ2) is 8.99. The second-order valence-corrected chi connectivity index (χ2v) is 8.51. The Kier molecular flexibility index (Phi) is 6.15. The van der Waals surface area contributed by atoms with E-state index in [1.807, 2.05) is 32.0 Å². The zero-order valence-electron chi connectivity index (χ0n) is 17.0. The molecule has 2 heterocycles. The molecule has 158 valence electrons. The molecule has 0 atom stereocenters. The van der Waals surface area contributed by atoms with Crippen molar-refractivity contribution in [2.75, 3.05) is 11.1 Å².